The number of hydrogen-bond acceptors (Lipinski definition) is 3. The number of carbonyl (C=O) groups excluding carboxylic acids is 2. The highest BCUT2D eigenvalue weighted by atomic mass is 79.9. The Morgan fingerprint density at radius 2 is 1.58 bits per heavy atom. The highest BCUT2D eigenvalue weighted by Crippen LogP contribution is 2.17. The van der Waals surface area contributed by atoms with E-state index < -0.39 is 23.4 Å². The smallest absolute Gasteiger partial charge is 0.407 e. The maximum Gasteiger partial charge on any atom is 0.407 e. The normalized spacial score (nSPS) is 9.97. The van der Waals surface area contributed by atoms with Crippen molar-refractivity contribution in [2.75, 3.05) is 11.9 Å². The molecule has 0 saturated carbocycles. The van der Waals surface area contributed by atoms with Gasteiger partial charge in [-0.1, -0.05) is 55.8 Å². The second-order valence-corrected chi connectivity index (χ2v) is 7.87. The van der Waals surface area contributed by atoms with Gasteiger partial charge in [-0.3, -0.25) is 4.79 Å². The molecule has 0 atom stereocenters. The third kappa shape index (κ3) is 11.5. The summed E-state index contributed by atoms with van der Waals surface area (Å²) in [7, 11) is 0. The average Bonchev–Trinajstić information content (AvgIpc) is 2.71. The Balaban J connectivity index is 0.00000212. The van der Waals surface area contributed by atoms with Crippen molar-refractivity contribution in [1.82, 2.24) is 5.32 Å². The minimum atomic E-state index is -0.591. The van der Waals surface area contributed by atoms with Gasteiger partial charge in [0.25, 0.3) is 5.91 Å². The number of benzene rings is 2. The van der Waals surface area contributed by atoms with Crippen LogP contribution in [0.5, 0.6) is 0 Å². The third-order valence-electron chi connectivity index (χ3n) is 3.47. The summed E-state index contributed by atoms with van der Waals surface area (Å²) >= 11 is 3.16. The molecule has 172 valence electrons. The van der Waals surface area contributed by atoms with E-state index in [1.165, 1.54) is 12.1 Å². The predicted octanol–water partition coefficient (Wildman–Crippen LogP) is 6.96. The van der Waals surface area contributed by atoms with Crippen molar-refractivity contribution >= 4 is 33.6 Å². The van der Waals surface area contributed by atoms with Crippen molar-refractivity contribution < 1.29 is 18.7 Å². The van der Waals surface area contributed by atoms with Gasteiger partial charge in [0.2, 0.25) is 0 Å². The standard InChI is InChI=1S/C20H22BrFN2O3.2C2H6/c1-20(2,3)27-19(26)23-11-10-13-4-7-15(8-5-13)24-18(25)16-9-6-14(21)12-17(16)22;2*1-2/h4-9,12H,10-11H2,1-3H3,(H,23,26)(H,24,25);2*1-2H3. The highest BCUT2D eigenvalue weighted by Gasteiger charge is 2.15. The zero-order chi connectivity index (χ0) is 24.0. The minimum absolute atomic E-state index is 0.0242. The molecular formula is C24H34BrFN2O3. The van der Waals surface area contributed by atoms with E-state index in [9.17, 15) is 14.0 Å². The number of rotatable bonds is 5. The summed E-state index contributed by atoms with van der Waals surface area (Å²) < 4.78 is 19.6. The van der Waals surface area contributed by atoms with Crippen molar-refractivity contribution in [3.63, 3.8) is 0 Å². The van der Waals surface area contributed by atoms with E-state index in [0.29, 0.717) is 23.1 Å². The molecule has 31 heavy (non-hydrogen) atoms. The molecule has 0 aliphatic heterocycles. The Morgan fingerprint density at radius 1 is 1.00 bits per heavy atom. The summed E-state index contributed by atoms with van der Waals surface area (Å²) in [6.45, 7) is 13.9. The first-order chi connectivity index (χ1) is 14.6. The van der Waals surface area contributed by atoms with Crippen LogP contribution in [-0.4, -0.2) is 24.1 Å². The molecule has 0 saturated heterocycles. The van der Waals surface area contributed by atoms with Crippen molar-refractivity contribution in [2.45, 2.75) is 60.5 Å². The number of ether oxygens (including phenoxy) is 1. The van der Waals surface area contributed by atoms with Crippen LogP contribution in [0, 0.1) is 5.82 Å². The van der Waals surface area contributed by atoms with E-state index in [0.717, 1.165) is 5.56 Å². The molecule has 0 spiro atoms. The van der Waals surface area contributed by atoms with E-state index in [4.69, 9.17) is 4.74 Å². The number of halogens is 2. The number of carbonyl (C=O) groups is 2. The van der Waals surface area contributed by atoms with Gasteiger partial charge in [-0.05, 0) is 63.1 Å². The van der Waals surface area contributed by atoms with Gasteiger partial charge in [-0.15, -0.1) is 0 Å². The monoisotopic (exact) mass is 496 g/mol. The molecule has 2 amide bonds. The first kappa shape index (κ1) is 28.6. The lowest BCUT2D eigenvalue weighted by atomic mass is 10.1. The topological polar surface area (TPSA) is 67.4 Å². The van der Waals surface area contributed by atoms with Gasteiger partial charge in [-0.2, -0.15) is 0 Å². The number of nitrogens with one attached hydrogen (secondary N) is 2. The van der Waals surface area contributed by atoms with Gasteiger partial charge >= 0.3 is 6.09 Å². The van der Waals surface area contributed by atoms with Crippen LogP contribution in [0.2, 0.25) is 0 Å². The molecule has 2 rings (SSSR count). The Hall–Kier alpha value is -2.41. The largest absolute Gasteiger partial charge is 0.444 e. The summed E-state index contributed by atoms with van der Waals surface area (Å²) in [5.74, 6) is -1.11. The van der Waals surface area contributed by atoms with E-state index in [-0.39, 0.29) is 5.56 Å². The van der Waals surface area contributed by atoms with E-state index >= 15 is 0 Å². The van der Waals surface area contributed by atoms with Crippen molar-refractivity contribution in [3.8, 4) is 0 Å². The molecule has 0 aliphatic carbocycles. The molecule has 7 heteroatoms. The highest BCUT2D eigenvalue weighted by molar-refractivity contribution is 9.10. The van der Waals surface area contributed by atoms with E-state index in [1.807, 2.05) is 39.8 Å². The first-order valence-electron chi connectivity index (χ1n) is 10.5. The SMILES string of the molecule is CC.CC.CC(C)(C)OC(=O)NCCc1ccc(NC(=O)c2ccc(Br)cc2F)cc1. The van der Waals surface area contributed by atoms with Gasteiger partial charge in [0.1, 0.15) is 11.4 Å². The van der Waals surface area contributed by atoms with Gasteiger partial charge in [0, 0.05) is 16.7 Å². The fourth-order valence-corrected chi connectivity index (χ4v) is 2.58. The summed E-state index contributed by atoms with van der Waals surface area (Å²) in [6.07, 6.45) is 0.164. The molecule has 2 N–H and O–H groups in total. The van der Waals surface area contributed by atoms with Crippen molar-refractivity contribution in [1.29, 1.82) is 0 Å². The zero-order valence-electron chi connectivity index (χ0n) is 19.4. The second kappa shape index (κ2) is 14.6. The Kier molecular flexibility index (Phi) is 13.4. The van der Waals surface area contributed by atoms with Crippen LogP contribution >= 0.6 is 15.9 Å². The fourth-order valence-electron chi connectivity index (χ4n) is 2.25. The molecule has 0 aliphatic rings. The first-order valence-corrected chi connectivity index (χ1v) is 11.3. The molecule has 0 heterocycles. The van der Waals surface area contributed by atoms with Gasteiger partial charge < -0.3 is 15.4 Å². The maximum absolute atomic E-state index is 13.8. The van der Waals surface area contributed by atoms with Crippen LogP contribution in [0.15, 0.2) is 46.9 Å². The minimum Gasteiger partial charge on any atom is -0.444 e. The number of hydrogen-bond donors (Lipinski definition) is 2. The Morgan fingerprint density at radius 3 is 2.10 bits per heavy atom. The molecule has 5 nitrogen and oxygen atoms in total. The second-order valence-electron chi connectivity index (χ2n) is 6.95. The predicted molar refractivity (Wildman–Crippen MR) is 129 cm³/mol. The van der Waals surface area contributed by atoms with Crippen LogP contribution in [0.4, 0.5) is 14.9 Å². The molecular weight excluding hydrogens is 463 g/mol. The van der Waals surface area contributed by atoms with Crippen LogP contribution in [0.3, 0.4) is 0 Å². The number of amides is 2. The fraction of sp³-hybridized carbons (Fsp3) is 0.417. The molecule has 0 aromatic heterocycles. The van der Waals surface area contributed by atoms with Gasteiger partial charge in [0.05, 0.1) is 5.56 Å². The Bertz CT molecular complexity index is 819. The van der Waals surface area contributed by atoms with Crippen molar-refractivity contribution in [3.05, 3.63) is 63.9 Å². The van der Waals surface area contributed by atoms with Crippen LogP contribution in [0.25, 0.3) is 0 Å². The molecule has 2 aromatic rings. The van der Waals surface area contributed by atoms with Gasteiger partial charge in [0.15, 0.2) is 0 Å². The summed E-state index contributed by atoms with van der Waals surface area (Å²) in [6, 6.07) is 11.4. The average molecular weight is 497 g/mol. The Labute approximate surface area is 193 Å². The van der Waals surface area contributed by atoms with E-state index in [2.05, 4.69) is 26.6 Å². The lowest BCUT2D eigenvalue weighted by molar-refractivity contribution is 0.0528. The summed E-state index contributed by atoms with van der Waals surface area (Å²) in [5, 5.41) is 5.35. The summed E-state index contributed by atoms with van der Waals surface area (Å²) in [5.41, 5.74) is 0.993. The van der Waals surface area contributed by atoms with Crippen LogP contribution in [0.1, 0.15) is 64.4 Å². The third-order valence-corrected chi connectivity index (χ3v) is 3.96. The quantitative estimate of drug-likeness (QED) is 0.469. The summed E-state index contributed by atoms with van der Waals surface area (Å²) in [4.78, 5) is 23.8. The molecule has 0 fully saturated rings. The zero-order valence-corrected chi connectivity index (χ0v) is 21.0. The van der Waals surface area contributed by atoms with E-state index in [1.54, 1.807) is 39.0 Å². The lowest BCUT2D eigenvalue weighted by Gasteiger charge is -2.19. The maximum atomic E-state index is 13.8. The number of alkyl carbamates (subject to hydrolysis) is 1. The van der Waals surface area contributed by atoms with Gasteiger partial charge in [-0.25, -0.2) is 9.18 Å². The lowest BCUT2D eigenvalue weighted by Crippen LogP contribution is -2.33. The molecule has 2 aromatic carbocycles. The number of anilines is 1. The molecule has 0 bridgehead atoms. The van der Waals surface area contributed by atoms with Crippen LogP contribution < -0.4 is 10.6 Å². The van der Waals surface area contributed by atoms with Crippen molar-refractivity contribution in [2.24, 2.45) is 0 Å². The van der Waals surface area contributed by atoms with Crippen LogP contribution in [-0.2, 0) is 11.2 Å². The molecule has 0 unspecified atom stereocenters. The molecule has 0 radical (unpaired) electrons.